The summed E-state index contributed by atoms with van der Waals surface area (Å²) in [6, 6.07) is 0.179. The average molecular weight is 439 g/mol. The van der Waals surface area contributed by atoms with Crippen molar-refractivity contribution in [1.82, 2.24) is 0 Å². The van der Waals surface area contributed by atoms with E-state index >= 15 is 0 Å². The van der Waals surface area contributed by atoms with Gasteiger partial charge in [-0.1, -0.05) is 0 Å². The van der Waals surface area contributed by atoms with Gasteiger partial charge in [-0.3, -0.25) is 0 Å². The largest absolute Gasteiger partial charge is 0.460 e. The van der Waals surface area contributed by atoms with Gasteiger partial charge in [0, 0.05) is 11.3 Å². The van der Waals surface area contributed by atoms with Crippen molar-refractivity contribution in [2.24, 2.45) is 0 Å². The van der Waals surface area contributed by atoms with Gasteiger partial charge in [0.05, 0.1) is 0 Å². The van der Waals surface area contributed by atoms with Crippen molar-refractivity contribution < 1.29 is 57.1 Å². The minimum Gasteiger partial charge on any atom is -0.398 e. The maximum Gasteiger partial charge on any atom is 0.460 e. The zero-order chi connectivity index (χ0) is 22.7. The Labute approximate surface area is 148 Å². The van der Waals surface area contributed by atoms with Crippen molar-refractivity contribution in [3.05, 3.63) is 28.8 Å². The summed E-state index contributed by atoms with van der Waals surface area (Å²) in [6.45, 7) is 1.90. The summed E-state index contributed by atoms with van der Waals surface area (Å²) >= 11 is 0. The Morgan fingerprint density at radius 3 is 1.21 bits per heavy atom. The molecule has 0 aliphatic carbocycles. The Kier molecular flexibility index (Phi) is 5.44. The third-order valence-corrected chi connectivity index (χ3v) is 3.89. The number of aryl methyl sites for hydroxylation is 2. The second-order valence-electron chi connectivity index (χ2n) is 5.89. The molecule has 14 heteroatoms. The van der Waals surface area contributed by atoms with Crippen molar-refractivity contribution in [3.63, 3.8) is 0 Å². The molecule has 162 valence electrons. The van der Waals surface area contributed by atoms with E-state index in [1.807, 2.05) is 0 Å². The lowest BCUT2D eigenvalue weighted by molar-refractivity contribution is -0.441. The van der Waals surface area contributed by atoms with Gasteiger partial charge >= 0.3 is 35.8 Å². The molecule has 0 radical (unpaired) electrons. The smallest absolute Gasteiger partial charge is 0.398 e. The molecule has 0 bridgehead atoms. The summed E-state index contributed by atoms with van der Waals surface area (Å²) in [5.74, 6) is -37.1. The van der Waals surface area contributed by atoms with Crippen LogP contribution in [0.15, 0.2) is 12.1 Å². The summed E-state index contributed by atoms with van der Waals surface area (Å²) < 4.78 is 170. The molecule has 0 saturated heterocycles. The van der Waals surface area contributed by atoms with E-state index in [-0.39, 0.29) is 28.9 Å². The van der Waals surface area contributed by atoms with Gasteiger partial charge in [0.1, 0.15) is 0 Å². The molecule has 0 atom stereocenters. The highest BCUT2D eigenvalue weighted by atomic mass is 19.4. The van der Waals surface area contributed by atoms with Gasteiger partial charge in [-0.05, 0) is 37.1 Å². The molecule has 0 unspecified atom stereocenters. The van der Waals surface area contributed by atoms with E-state index in [2.05, 4.69) is 0 Å². The fourth-order valence-corrected chi connectivity index (χ4v) is 2.11. The average Bonchev–Trinajstić information content (AvgIpc) is 2.50. The van der Waals surface area contributed by atoms with Crippen LogP contribution in [0.2, 0.25) is 0 Å². The van der Waals surface area contributed by atoms with Gasteiger partial charge in [-0.2, -0.15) is 57.1 Å². The minimum atomic E-state index is -7.91. The molecule has 2 N–H and O–H groups in total. The number of rotatable bonds is 5. The lowest BCUT2D eigenvalue weighted by Crippen LogP contribution is -2.69. The van der Waals surface area contributed by atoms with Gasteiger partial charge in [0.15, 0.2) is 0 Å². The molecule has 1 nitrogen and oxygen atoms in total. The molecule has 1 rings (SSSR count). The number of nitrogens with two attached hydrogens (primary N) is 1. The third-order valence-electron chi connectivity index (χ3n) is 3.89. The van der Waals surface area contributed by atoms with Gasteiger partial charge in [0.2, 0.25) is 0 Å². The van der Waals surface area contributed by atoms with E-state index in [1.165, 1.54) is 0 Å². The SMILES string of the molecule is Cc1cc(C(F)(F)C(F)(F)C(F)(F)C(F)(F)C(F)(F)C(F)(F)F)cc(C)c1N. The van der Waals surface area contributed by atoms with Crippen LogP contribution in [0.4, 0.5) is 62.8 Å². The summed E-state index contributed by atoms with van der Waals surface area (Å²) in [5, 5.41) is 0. The Bertz CT molecular complexity index is 725. The Balaban J connectivity index is 3.67. The second-order valence-corrected chi connectivity index (χ2v) is 5.89. The predicted octanol–water partition coefficient (Wildman–Crippen LogP) is 6.08. The van der Waals surface area contributed by atoms with Gasteiger partial charge in [-0.15, -0.1) is 0 Å². The molecule has 0 aromatic heterocycles. The molecule has 0 aliphatic rings. The first kappa shape index (κ1) is 24.1. The molecule has 0 amide bonds. The van der Waals surface area contributed by atoms with Crippen molar-refractivity contribution in [2.45, 2.75) is 49.6 Å². The van der Waals surface area contributed by atoms with Crippen molar-refractivity contribution >= 4 is 5.69 Å². The van der Waals surface area contributed by atoms with Crippen LogP contribution < -0.4 is 5.73 Å². The first-order valence-electron chi connectivity index (χ1n) is 6.90. The number of hydrogen-bond donors (Lipinski definition) is 1. The molecule has 0 aliphatic heterocycles. The number of benzene rings is 1. The minimum absolute atomic E-state index is 0.0897. The zero-order valence-electron chi connectivity index (χ0n) is 13.6. The van der Waals surface area contributed by atoms with Crippen LogP contribution in [-0.2, 0) is 5.92 Å². The summed E-state index contributed by atoms with van der Waals surface area (Å²) in [7, 11) is 0. The normalized spacial score (nSPS) is 15.1. The topological polar surface area (TPSA) is 26.0 Å². The maximum absolute atomic E-state index is 14.0. The summed E-state index contributed by atoms with van der Waals surface area (Å²) in [4.78, 5) is 0. The Hall–Kier alpha value is -1.89. The molecular formula is C14H10F13N. The van der Waals surface area contributed by atoms with Crippen LogP contribution in [0.25, 0.3) is 0 Å². The van der Waals surface area contributed by atoms with Crippen LogP contribution in [0.5, 0.6) is 0 Å². The Morgan fingerprint density at radius 2 is 0.893 bits per heavy atom. The summed E-state index contributed by atoms with van der Waals surface area (Å²) in [6.07, 6.45) is -7.43. The second kappa shape index (κ2) is 6.31. The third kappa shape index (κ3) is 3.04. The van der Waals surface area contributed by atoms with Crippen LogP contribution in [-0.4, -0.2) is 29.9 Å². The van der Waals surface area contributed by atoms with Gasteiger partial charge in [-0.25, -0.2) is 0 Å². The molecule has 1 aromatic carbocycles. The predicted molar refractivity (Wildman–Crippen MR) is 70.1 cm³/mol. The monoisotopic (exact) mass is 439 g/mol. The van der Waals surface area contributed by atoms with Crippen molar-refractivity contribution in [3.8, 4) is 0 Å². The van der Waals surface area contributed by atoms with E-state index in [9.17, 15) is 57.1 Å². The van der Waals surface area contributed by atoms with E-state index in [4.69, 9.17) is 5.73 Å². The highest BCUT2D eigenvalue weighted by Crippen LogP contribution is 2.62. The van der Waals surface area contributed by atoms with E-state index in [0.29, 0.717) is 0 Å². The molecular weight excluding hydrogens is 429 g/mol. The number of hydrogen-bond acceptors (Lipinski definition) is 1. The summed E-state index contributed by atoms with van der Waals surface area (Å²) in [5.41, 5.74) is 2.27. The van der Waals surface area contributed by atoms with Crippen molar-refractivity contribution in [2.75, 3.05) is 5.73 Å². The van der Waals surface area contributed by atoms with E-state index < -0.39 is 41.4 Å². The van der Waals surface area contributed by atoms with Crippen LogP contribution in [0.1, 0.15) is 16.7 Å². The standard InChI is InChI=1S/C14H10F13N/c1-5-3-7(4-6(2)8(5)28)9(15,16)10(17,18)11(19,20)12(21,22)13(23,24)14(25,26)27/h3-4H,28H2,1-2H3. The van der Waals surface area contributed by atoms with Crippen LogP contribution in [0, 0.1) is 13.8 Å². The fourth-order valence-electron chi connectivity index (χ4n) is 2.11. The molecule has 0 fully saturated rings. The lowest BCUT2D eigenvalue weighted by Gasteiger charge is -2.40. The number of alkyl halides is 13. The first-order chi connectivity index (χ1) is 12.1. The quantitative estimate of drug-likeness (QED) is 0.437. The number of halogens is 13. The molecule has 1 aromatic rings. The van der Waals surface area contributed by atoms with Gasteiger partial charge in [0.25, 0.3) is 0 Å². The van der Waals surface area contributed by atoms with Crippen molar-refractivity contribution in [1.29, 1.82) is 0 Å². The molecule has 28 heavy (non-hydrogen) atoms. The van der Waals surface area contributed by atoms with Crippen LogP contribution in [0.3, 0.4) is 0 Å². The van der Waals surface area contributed by atoms with E-state index in [0.717, 1.165) is 13.8 Å². The molecule has 0 spiro atoms. The van der Waals surface area contributed by atoms with Gasteiger partial charge < -0.3 is 5.73 Å². The fraction of sp³-hybridized carbons (Fsp3) is 0.571. The van der Waals surface area contributed by atoms with E-state index in [1.54, 1.807) is 0 Å². The molecule has 0 heterocycles. The number of nitrogen functional groups attached to an aromatic ring is 1. The Morgan fingerprint density at radius 1 is 0.571 bits per heavy atom. The maximum atomic E-state index is 14.0. The van der Waals surface area contributed by atoms with Crippen LogP contribution >= 0.6 is 0 Å². The highest BCUT2D eigenvalue weighted by molar-refractivity contribution is 5.55. The number of anilines is 1. The zero-order valence-corrected chi connectivity index (χ0v) is 13.6. The highest BCUT2D eigenvalue weighted by Gasteiger charge is 2.90. The lowest BCUT2D eigenvalue weighted by atomic mass is 9.89. The first-order valence-corrected chi connectivity index (χ1v) is 6.90. The molecule has 0 saturated carbocycles.